The van der Waals surface area contributed by atoms with Crippen LogP contribution in [0.1, 0.15) is 27.6 Å². The molecule has 0 N–H and O–H groups in total. The van der Waals surface area contributed by atoms with Gasteiger partial charge in [0.25, 0.3) is 0 Å². The zero-order chi connectivity index (χ0) is 13.5. The molecule has 0 amide bonds. The van der Waals surface area contributed by atoms with Crippen LogP contribution in [-0.2, 0) is 0 Å². The van der Waals surface area contributed by atoms with Crippen molar-refractivity contribution in [3.05, 3.63) is 65.7 Å². The molecule has 0 aliphatic heterocycles. The topological polar surface area (TPSA) is 34.1 Å². The van der Waals surface area contributed by atoms with Gasteiger partial charge in [0.05, 0.1) is 0 Å². The zero-order valence-corrected chi connectivity index (χ0v) is 11.2. The van der Waals surface area contributed by atoms with Gasteiger partial charge in [0, 0.05) is 16.0 Å². The first-order valence-electron chi connectivity index (χ1n) is 6.05. The van der Waals surface area contributed by atoms with E-state index in [-0.39, 0.29) is 11.6 Å². The van der Waals surface area contributed by atoms with Crippen molar-refractivity contribution in [2.24, 2.45) is 0 Å². The summed E-state index contributed by atoms with van der Waals surface area (Å²) >= 11 is 1.33. The lowest BCUT2D eigenvalue weighted by Gasteiger charge is -2.19. The third kappa shape index (κ3) is 1.81. The number of rotatable bonds is 2. The fourth-order valence-electron chi connectivity index (χ4n) is 2.31. The van der Waals surface area contributed by atoms with Gasteiger partial charge in [-0.3, -0.25) is 9.59 Å². The number of benzene rings is 2. The monoisotopic (exact) mass is 268 g/mol. The first-order valence-corrected chi connectivity index (χ1v) is 6.87. The summed E-state index contributed by atoms with van der Waals surface area (Å²) in [6, 6.07) is 16.6. The Morgan fingerprint density at radius 3 is 1.79 bits per heavy atom. The Morgan fingerprint density at radius 1 is 0.789 bits per heavy atom. The first kappa shape index (κ1) is 12.2. The molecular weight excluding hydrogens is 256 g/mol. The molecule has 0 spiro atoms. The highest BCUT2D eigenvalue weighted by Crippen LogP contribution is 2.43. The Hall–Kier alpha value is -1.87. The van der Waals surface area contributed by atoms with Crippen LogP contribution in [0.5, 0.6) is 0 Å². The average Bonchev–Trinajstić information content (AvgIpc) is 2.63. The molecule has 0 radical (unpaired) electrons. The molecule has 2 aromatic carbocycles. The van der Waals surface area contributed by atoms with E-state index >= 15 is 0 Å². The molecule has 0 heterocycles. The Labute approximate surface area is 115 Å². The number of hydrogen-bond donors (Lipinski definition) is 0. The largest absolute Gasteiger partial charge is 0.292 e. The van der Waals surface area contributed by atoms with E-state index in [2.05, 4.69) is 0 Å². The minimum atomic E-state index is -1.04. The molecule has 3 heteroatoms. The van der Waals surface area contributed by atoms with Gasteiger partial charge in [0.1, 0.15) is 4.75 Å². The van der Waals surface area contributed by atoms with Crippen molar-refractivity contribution >= 4 is 23.3 Å². The van der Waals surface area contributed by atoms with Crippen molar-refractivity contribution in [3.63, 3.8) is 0 Å². The number of thioether (sulfide) groups is 1. The quantitative estimate of drug-likeness (QED) is 0.780. The van der Waals surface area contributed by atoms with Crippen molar-refractivity contribution in [2.45, 2.75) is 16.6 Å². The second kappa shape index (κ2) is 4.35. The fourth-order valence-corrected chi connectivity index (χ4v) is 3.48. The van der Waals surface area contributed by atoms with Crippen LogP contribution in [-0.4, -0.2) is 16.3 Å². The summed E-state index contributed by atoms with van der Waals surface area (Å²) in [5.74, 6) is -0.191. The standard InChI is InChI=1S/C16H12O2S/c1-16(19-11-7-3-2-4-8-11)14(17)12-9-5-6-10-13(12)15(16)18/h2-10H,1H3. The highest BCUT2D eigenvalue weighted by Gasteiger charge is 2.49. The van der Waals surface area contributed by atoms with Gasteiger partial charge in [-0.2, -0.15) is 0 Å². The van der Waals surface area contributed by atoms with Crippen molar-refractivity contribution in [3.8, 4) is 0 Å². The van der Waals surface area contributed by atoms with Crippen LogP contribution < -0.4 is 0 Å². The molecule has 0 fully saturated rings. The van der Waals surface area contributed by atoms with E-state index in [1.165, 1.54) is 11.8 Å². The lowest BCUT2D eigenvalue weighted by atomic mass is 10.1. The van der Waals surface area contributed by atoms with E-state index in [1.807, 2.05) is 30.3 Å². The number of hydrogen-bond acceptors (Lipinski definition) is 3. The zero-order valence-electron chi connectivity index (χ0n) is 10.4. The summed E-state index contributed by atoms with van der Waals surface area (Å²) in [5, 5.41) is 0. The molecule has 19 heavy (non-hydrogen) atoms. The van der Waals surface area contributed by atoms with Gasteiger partial charge >= 0.3 is 0 Å². The van der Waals surface area contributed by atoms with Gasteiger partial charge in [-0.05, 0) is 19.1 Å². The van der Waals surface area contributed by atoms with E-state index in [1.54, 1.807) is 31.2 Å². The summed E-state index contributed by atoms with van der Waals surface area (Å²) in [5.41, 5.74) is 1.08. The number of Topliss-reactive ketones (excluding diaryl/α,β-unsaturated/α-hetero) is 2. The molecular formula is C16H12O2S. The molecule has 0 saturated carbocycles. The van der Waals surface area contributed by atoms with Gasteiger partial charge in [-0.15, -0.1) is 11.8 Å². The summed E-state index contributed by atoms with van der Waals surface area (Å²) in [7, 11) is 0. The molecule has 0 saturated heterocycles. The minimum Gasteiger partial charge on any atom is -0.292 e. The van der Waals surface area contributed by atoms with Gasteiger partial charge in [-0.25, -0.2) is 0 Å². The molecule has 0 aromatic heterocycles. The molecule has 3 rings (SSSR count). The number of carbonyl (C=O) groups is 2. The molecule has 2 aromatic rings. The first-order chi connectivity index (χ1) is 9.13. The van der Waals surface area contributed by atoms with Crippen LogP contribution in [0.4, 0.5) is 0 Å². The van der Waals surface area contributed by atoms with Crippen LogP contribution >= 0.6 is 11.8 Å². The minimum absolute atomic E-state index is 0.0954. The second-order valence-corrected chi connectivity index (χ2v) is 6.14. The van der Waals surface area contributed by atoms with Crippen LogP contribution in [0.25, 0.3) is 0 Å². The van der Waals surface area contributed by atoms with E-state index in [9.17, 15) is 9.59 Å². The van der Waals surface area contributed by atoms with E-state index in [0.29, 0.717) is 11.1 Å². The molecule has 0 unspecified atom stereocenters. The molecule has 1 aliphatic carbocycles. The van der Waals surface area contributed by atoms with Gasteiger partial charge < -0.3 is 0 Å². The predicted molar refractivity (Wildman–Crippen MR) is 75.8 cm³/mol. The van der Waals surface area contributed by atoms with Crippen LogP contribution in [0.15, 0.2) is 59.5 Å². The van der Waals surface area contributed by atoms with Crippen molar-refractivity contribution in [2.75, 3.05) is 0 Å². The normalized spacial score (nSPS) is 16.5. The maximum Gasteiger partial charge on any atom is 0.187 e. The summed E-state index contributed by atoms with van der Waals surface area (Å²) in [6.07, 6.45) is 0. The van der Waals surface area contributed by atoms with Crippen LogP contribution in [0.3, 0.4) is 0 Å². The van der Waals surface area contributed by atoms with E-state index in [0.717, 1.165) is 4.90 Å². The van der Waals surface area contributed by atoms with Gasteiger partial charge in [0.2, 0.25) is 0 Å². The summed E-state index contributed by atoms with van der Waals surface area (Å²) in [6.45, 7) is 1.72. The second-order valence-electron chi connectivity index (χ2n) is 4.65. The maximum absolute atomic E-state index is 12.5. The van der Waals surface area contributed by atoms with E-state index in [4.69, 9.17) is 0 Å². The van der Waals surface area contributed by atoms with E-state index < -0.39 is 4.75 Å². The van der Waals surface area contributed by atoms with Crippen LogP contribution in [0, 0.1) is 0 Å². The number of carbonyl (C=O) groups excluding carboxylic acids is 2. The molecule has 2 nitrogen and oxygen atoms in total. The Kier molecular flexibility index (Phi) is 2.79. The lowest BCUT2D eigenvalue weighted by molar-refractivity contribution is 0.0878. The Bertz CT molecular complexity index is 626. The highest BCUT2D eigenvalue weighted by atomic mass is 32.2. The van der Waals surface area contributed by atoms with Gasteiger partial charge in [-0.1, -0.05) is 42.5 Å². The SMILES string of the molecule is CC1(Sc2ccccc2)C(=O)c2ccccc2C1=O. The molecule has 0 bridgehead atoms. The Balaban J connectivity index is 2.03. The molecule has 94 valence electrons. The predicted octanol–water partition coefficient (Wildman–Crippen LogP) is 3.62. The third-order valence-electron chi connectivity index (χ3n) is 3.35. The molecule has 0 atom stereocenters. The van der Waals surface area contributed by atoms with Crippen molar-refractivity contribution < 1.29 is 9.59 Å². The smallest absolute Gasteiger partial charge is 0.187 e. The fraction of sp³-hybridized carbons (Fsp3) is 0.125. The maximum atomic E-state index is 12.5. The third-order valence-corrected chi connectivity index (χ3v) is 4.63. The van der Waals surface area contributed by atoms with Crippen LogP contribution in [0.2, 0.25) is 0 Å². The van der Waals surface area contributed by atoms with Crippen molar-refractivity contribution in [1.82, 2.24) is 0 Å². The molecule has 1 aliphatic rings. The van der Waals surface area contributed by atoms with Crippen molar-refractivity contribution in [1.29, 1.82) is 0 Å². The summed E-state index contributed by atoms with van der Waals surface area (Å²) in [4.78, 5) is 25.9. The Morgan fingerprint density at radius 2 is 1.26 bits per heavy atom. The lowest BCUT2D eigenvalue weighted by Crippen LogP contribution is -2.33. The van der Waals surface area contributed by atoms with Gasteiger partial charge in [0.15, 0.2) is 11.6 Å². The highest BCUT2D eigenvalue weighted by molar-refractivity contribution is 8.02. The average molecular weight is 268 g/mol. The summed E-state index contributed by atoms with van der Waals surface area (Å²) < 4.78 is -1.04. The number of fused-ring (bicyclic) bond motifs is 1. The number of ketones is 2.